The molecule has 6 heteroatoms. The summed E-state index contributed by atoms with van der Waals surface area (Å²) in [7, 11) is 1.57. The van der Waals surface area contributed by atoms with Gasteiger partial charge in [0.05, 0.1) is 24.8 Å². The van der Waals surface area contributed by atoms with Gasteiger partial charge in [0.2, 0.25) is 0 Å². The molecule has 22 heavy (non-hydrogen) atoms. The molecule has 2 atom stereocenters. The van der Waals surface area contributed by atoms with E-state index in [1.165, 1.54) is 0 Å². The molecule has 0 aromatic heterocycles. The van der Waals surface area contributed by atoms with Gasteiger partial charge in [-0.3, -0.25) is 4.99 Å². The minimum atomic E-state index is -0.312. The van der Waals surface area contributed by atoms with Crippen LogP contribution in [0.25, 0.3) is 0 Å². The number of methoxy groups -OCH3 is 1. The first-order chi connectivity index (χ1) is 10.4. The van der Waals surface area contributed by atoms with E-state index in [1.54, 1.807) is 19.2 Å². The Morgan fingerprint density at radius 2 is 2.32 bits per heavy atom. The molecule has 1 aliphatic rings. The van der Waals surface area contributed by atoms with Crippen LogP contribution in [0.3, 0.4) is 0 Å². The number of aliphatic hydroxyl groups is 1. The number of ether oxygens (including phenoxy) is 1. The summed E-state index contributed by atoms with van der Waals surface area (Å²) in [5, 5.41) is 13.7. The van der Waals surface area contributed by atoms with Gasteiger partial charge in [0.25, 0.3) is 0 Å². The Morgan fingerprint density at radius 1 is 1.55 bits per heavy atom. The summed E-state index contributed by atoms with van der Waals surface area (Å²) < 4.78 is 5.11. The zero-order valence-electron chi connectivity index (χ0n) is 13.1. The van der Waals surface area contributed by atoms with Gasteiger partial charge in [0.1, 0.15) is 5.75 Å². The van der Waals surface area contributed by atoms with Crippen molar-refractivity contribution in [3.8, 4) is 5.75 Å². The number of nitrogens with zero attached hydrogens (tertiary/aromatic N) is 1. The Bertz CT molecular complexity index is 550. The van der Waals surface area contributed by atoms with Crippen LogP contribution in [0.2, 0.25) is 5.02 Å². The van der Waals surface area contributed by atoms with Crippen LogP contribution in [0.1, 0.15) is 32.6 Å². The number of nitrogens with two attached hydrogens (primary N) is 1. The van der Waals surface area contributed by atoms with Gasteiger partial charge in [0, 0.05) is 11.1 Å². The highest BCUT2D eigenvalue weighted by Gasteiger charge is 2.35. The van der Waals surface area contributed by atoms with Crippen LogP contribution in [-0.4, -0.2) is 30.8 Å². The van der Waals surface area contributed by atoms with E-state index < -0.39 is 0 Å². The minimum absolute atomic E-state index is 0.192. The number of guanidine groups is 1. The number of hydrogen-bond acceptors (Lipinski definition) is 3. The maximum atomic E-state index is 10.2. The maximum absolute atomic E-state index is 10.2. The minimum Gasteiger partial charge on any atom is -0.495 e. The number of halogens is 1. The average molecular weight is 326 g/mol. The number of aliphatic imine (C=N–C) groups is 1. The molecule has 1 aromatic carbocycles. The van der Waals surface area contributed by atoms with Crippen LogP contribution in [-0.2, 0) is 0 Å². The molecule has 122 valence electrons. The first kappa shape index (κ1) is 16.9. The Balaban J connectivity index is 1.99. The highest BCUT2D eigenvalue weighted by molar-refractivity contribution is 6.32. The fraction of sp³-hybridized carbons (Fsp3) is 0.562. The molecule has 5 nitrogen and oxygen atoms in total. The lowest BCUT2D eigenvalue weighted by Crippen LogP contribution is -2.39. The lowest BCUT2D eigenvalue weighted by molar-refractivity contribution is 0.00724. The number of aliphatic hydroxyl groups excluding tert-OH is 1. The van der Waals surface area contributed by atoms with Gasteiger partial charge in [-0.2, -0.15) is 0 Å². The first-order valence-electron chi connectivity index (χ1n) is 7.53. The Morgan fingerprint density at radius 3 is 2.95 bits per heavy atom. The van der Waals surface area contributed by atoms with Gasteiger partial charge < -0.3 is 20.9 Å². The second-order valence-electron chi connectivity index (χ2n) is 6.09. The Kier molecular flexibility index (Phi) is 5.53. The molecule has 4 N–H and O–H groups in total. The number of hydrogen-bond donors (Lipinski definition) is 3. The molecule has 0 radical (unpaired) electrons. The van der Waals surface area contributed by atoms with Crippen molar-refractivity contribution in [1.82, 2.24) is 0 Å². The van der Waals surface area contributed by atoms with Crippen molar-refractivity contribution in [3.05, 3.63) is 23.2 Å². The maximum Gasteiger partial charge on any atom is 0.193 e. The molecule has 1 aromatic rings. The first-order valence-corrected chi connectivity index (χ1v) is 7.91. The third-order valence-corrected chi connectivity index (χ3v) is 4.61. The lowest BCUT2D eigenvalue weighted by atomic mass is 9.73. The van der Waals surface area contributed by atoms with E-state index in [0.29, 0.717) is 23.3 Å². The molecule has 0 bridgehead atoms. The van der Waals surface area contributed by atoms with Crippen molar-refractivity contribution in [2.24, 2.45) is 16.1 Å². The van der Waals surface area contributed by atoms with E-state index in [4.69, 9.17) is 22.1 Å². The van der Waals surface area contributed by atoms with Crippen LogP contribution in [0, 0.1) is 5.41 Å². The molecular weight excluding hydrogens is 302 g/mol. The SMILES string of the molecule is COc1ccc(NC(N)=NCC2(C)CCCCC2O)cc1Cl. The molecule has 2 rings (SSSR count). The van der Waals surface area contributed by atoms with Crippen LogP contribution in [0.4, 0.5) is 5.69 Å². The molecule has 1 saturated carbocycles. The van der Waals surface area contributed by atoms with E-state index in [-0.39, 0.29) is 11.5 Å². The highest BCUT2D eigenvalue weighted by Crippen LogP contribution is 2.36. The van der Waals surface area contributed by atoms with E-state index in [1.807, 2.05) is 6.07 Å². The topological polar surface area (TPSA) is 79.9 Å². The summed E-state index contributed by atoms with van der Waals surface area (Å²) in [5.41, 5.74) is 6.49. The number of rotatable bonds is 4. The molecule has 0 aliphatic heterocycles. The summed E-state index contributed by atoms with van der Waals surface area (Å²) in [6.07, 6.45) is 3.71. The molecule has 0 amide bonds. The van der Waals surface area contributed by atoms with Crippen LogP contribution >= 0.6 is 11.6 Å². The number of benzene rings is 1. The zero-order valence-corrected chi connectivity index (χ0v) is 13.9. The quantitative estimate of drug-likeness (QED) is 0.587. The Hall–Kier alpha value is -1.46. The lowest BCUT2D eigenvalue weighted by Gasteiger charge is -2.37. The number of nitrogens with one attached hydrogen (secondary N) is 1. The molecule has 1 aliphatic carbocycles. The van der Waals surface area contributed by atoms with Crippen molar-refractivity contribution in [2.45, 2.75) is 38.7 Å². The number of anilines is 1. The smallest absolute Gasteiger partial charge is 0.193 e. The van der Waals surface area contributed by atoms with E-state index in [2.05, 4.69) is 17.2 Å². The zero-order chi connectivity index (χ0) is 16.2. The predicted molar refractivity (Wildman–Crippen MR) is 90.7 cm³/mol. The summed E-state index contributed by atoms with van der Waals surface area (Å²) in [4.78, 5) is 4.39. The second kappa shape index (κ2) is 7.20. The van der Waals surface area contributed by atoms with Gasteiger partial charge in [-0.05, 0) is 31.0 Å². The van der Waals surface area contributed by atoms with Crippen LogP contribution in [0.5, 0.6) is 5.75 Å². The van der Waals surface area contributed by atoms with Gasteiger partial charge in [-0.25, -0.2) is 0 Å². The van der Waals surface area contributed by atoms with Gasteiger partial charge in [-0.15, -0.1) is 0 Å². The molecule has 0 heterocycles. The van der Waals surface area contributed by atoms with Crippen molar-refractivity contribution in [2.75, 3.05) is 19.0 Å². The molecule has 1 fully saturated rings. The molecule has 2 unspecified atom stereocenters. The van der Waals surface area contributed by atoms with Crippen molar-refractivity contribution in [1.29, 1.82) is 0 Å². The van der Waals surface area contributed by atoms with E-state index >= 15 is 0 Å². The van der Waals surface area contributed by atoms with Gasteiger partial charge in [-0.1, -0.05) is 31.4 Å². The molecular formula is C16H24ClN3O2. The molecule has 0 saturated heterocycles. The highest BCUT2D eigenvalue weighted by atomic mass is 35.5. The normalized spacial score (nSPS) is 25.8. The second-order valence-corrected chi connectivity index (χ2v) is 6.50. The fourth-order valence-electron chi connectivity index (χ4n) is 2.76. The molecule has 0 spiro atoms. The standard InChI is InChI=1S/C16H24ClN3O2/c1-16(8-4-3-5-14(16)21)10-19-15(18)20-11-6-7-13(22-2)12(17)9-11/h6-7,9,14,21H,3-5,8,10H2,1-2H3,(H3,18,19,20). The van der Waals surface area contributed by atoms with E-state index in [9.17, 15) is 5.11 Å². The van der Waals surface area contributed by atoms with E-state index in [0.717, 1.165) is 31.4 Å². The fourth-order valence-corrected chi connectivity index (χ4v) is 3.02. The third kappa shape index (κ3) is 4.05. The summed E-state index contributed by atoms with van der Waals surface area (Å²) >= 11 is 6.07. The van der Waals surface area contributed by atoms with Crippen LogP contribution in [0.15, 0.2) is 23.2 Å². The van der Waals surface area contributed by atoms with Crippen molar-refractivity contribution < 1.29 is 9.84 Å². The summed E-state index contributed by atoms with van der Waals surface area (Å²) in [5.74, 6) is 0.931. The van der Waals surface area contributed by atoms with Crippen LogP contribution < -0.4 is 15.8 Å². The predicted octanol–water partition coefficient (Wildman–Crippen LogP) is 3.02. The average Bonchev–Trinajstić information content (AvgIpc) is 2.49. The van der Waals surface area contributed by atoms with Gasteiger partial charge in [0.15, 0.2) is 5.96 Å². The summed E-state index contributed by atoms with van der Waals surface area (Å²) in [6.45, 7) is 2.58. The third-order valence-electron chi connectivity index (χ3n) is 4.31. The largest absolute Gasteiger partial charge is 0.495 e. The Labute approximate surface area is 136 Å². The monoisotopic (exact) mass is 325 g/mol. The van der Waals surface area contributed by atoms with Crippen molar-refractivity contribution >= 4 is 23.2 Å². The van der Waals surface area contributed by atoms with Crippen molar-refractivity contribution in [3.63, 3.8) is 0 Å². The summed E-state index contributed by atoms with van der Waals surface area (Å²) in [6, 6.07) is 5.33. The van der Waals surface area contributed by atoms with Gasteiger partial charge >= 0.3 is 0 Å².